The highest BCUT2D eigenvalue weighted by molar-refractivity contribution is 5.91. The van der Waals surface area contributed by atoms with Gasteiger partial charge in [0.2, 0.25) is 0 Å². The molecule has 0 heterocycles. The summed E-state index contributed by atoms with van der Waals surface area (Å²) in [6, 6.07) is 87.4. The molecule has 0 fully saturated rings. The molecule has 0 radical (unpaired) electrons. The Hall–Kier alpha value is -8.14. The van der Waals surface area contributed by atoms with E-state index in [9.17, 15) is 0 Å². The molecule has 0 amide bonds. The molecule has 0 bridgehead atoms. The molecular weight excluding hydrogens is 739 g/mol. The molecule has 9 aromatic rings. The average molecular weight is 784 g/mol. The van der Waals surface area contributed by atoms with Crippen molar-refractivity contribution in [2.24, 2.45) is 0 Å². The summed E-state index contributed by atoms with van der Waals surface area (Å²) in [5, 5.41) is 0. The van der Waals surface area contributed by atoms with E-state index in [-0.39, 0.29) is 0 Å². The van der Waals surface area contributed by atoms with Gasteiger partial charge in [-0.25, -0.2) is 0 Å². The molecular formula is C58H45N3. The third-order valence-corrected chi connectivity index (χ3v) is 10.6. The number of hydrogen-bond acceptors (Lipinski definition) is 3. The molecule has 0 unspecified atom stereocenters. The predicted octanol–water partition coefficient (Wildman–Crippen LogP) is 16.4. The minimum Gasteiger partial charge on any atom is -0.311 e. The second kappa shape index (κ2) is 18.6. The molecule has 0 atom stereocenters. The van der Waals surface area contributed by atoms with Crippen LogP contribution in [0.3, 0.4) is 0 Å². The van der Waals surface area contributed by atoms with Gasteiger partial charge in [-0.2, -0.15) is 0 Å². The number of hydrogen-bond donors (Lipinski definition) is 0. The first-order valence-electron chi connectivity index (χ1n) is 20.7. The Balaban J connectivity index is 1.09. The van der Waals surface area contributed by atoms with Crippen molar-refractivity contribution in [3.05, 3.63) is 271 Å². The maximum absolute atomic E-state index is 2.34. The molecule has 61 heavy (non-hydrogen) atoms. The number of benzene rings is 9. The van der Waals surface area contributed by atoms with Crippen molar-refractivity contribution in [1.29, 1.82) is 0 Å². The van der Waals surface area contributed by atoms with Crippen molar-refractivity contribution >= 4 is 75.5 Å². The summed E-state index contributed by atoms with van der Waals surface area (Å²) in [4.78, 5) is 6.92. The minimum absolute atomic E-state index is 1.09. The second-order valence-corrected chi connectivity index (χ2v) is 14.6. The van der Waals surface area contributed by atoms with Gasteiger partial charge in [0, 0.05) is 51.1 Å². The fourth-order valence-corrected chi connectivity index (χ4v) is 7.71. The second-order valence-electron chi connectivity index (χ2n) is 14.6. The van der Waals surface area contributed by atoms with E-state index in [1.165, 1.54) is 0 Å². The van der Waals surface area contributed by atoms with Crippen LogP contribution in [-0.2, 0) is 0 Å². The quantitative estimate of drug-likeness (QED) is 0.108. The van der Waals surface area contributed by atoms with E-state index >= 15 is 0 Å². The Kier molecular flexibility index (Phi) is 11.7. The Morgan fingerprint density at radius 3 is 0.852 bits per heavy atom. The van der Waals surface area contributed by atoms with E-state index in [4.69, 9.17) is 0 Å². The van der Waals surface area contributed by atoms with Gasteiger partial charge in [0.1, 0.15) is 0 Å². The van der Waals surface area contributed by atoms with Crippen LogP contribution in [0.2, 0.25) is 0 Å². The highest BCUT2D eigenvalue weighted by Crippen LogP contribution is 2.40. The van der Waals surface area contributed by atoms with Crippen LogP contribution in [0.4, 0.5) is 51.2 Å². The standard InChI is InChI=1S/C58H45N3/c1-7-21-49(22-8-1)59(50-23-9-2-10-24-50)55-41-35-46(36-42-55)34-40-48-20-19-33-58(61(53-29-15-5-16-30-53)54-31-17-6-18-32-54)57(48)45-39-47-37-43-56(44-38-47)60(51-25-11-3-12-26-51)52-27-13-4-14-28-52/h1-45H. The van der Waals surface area contributed by atoms with Gasteiger partial charge in [0.15, 0.2) is 0 Å². The van der Waals surface area contributed by atoms with Gasteiger partial charge in [0.05, 0.1) is 5.69 Å². The Labute approximate surface area is 359 Å². The summed E-state index contributed by atoms with van der Waals surface area (Å²) in [5.74, 6) is 0. The molecule has 0 N–H and O–H groups in total. The zero-order chi connectivity index (χ0) is 41.1. The fourth-order valence-electron chi connectivity index (χ4n) is 7.71. The maximum Gasteiger partial charge on any atom is 0.0540 e. The van der Waals surface area contributed by atoms with Crippen LogP contribution >= 0.6 is 0 Å². The molecule has 0 spiro atoms. The lowest BCUT2D eigenvalue weighted by atomic mass is 10.00. The van der Waals surface area contributed by atoms with Gasteiger partial charge in [-0.3, -0.25) is 0 Å². The summed E-state index contributed by atoms with van der Waals surface area (Å²) in [6.07, 6.45) is 8.93. The Morgan fingerprint density at radius 2 is 0.508 bits per heavy atom. The van der Waals surface area contributed by atoms with Crippen LogP contribution in [0.1, 0.15) is 22.3 Å². The number of anilines is 9. The normalized spacial score (nSPS) is 11.1. The summed E-state index contributed by atoms with van der Waals surface area (Å²) < 4.78 is 0. The van der Waals surface area contributed by atoms with E-state index in [0.29, 0.717) is 0 Å². The molecule has 0 aromatic heterocycles. The summed E-state index contributed by atoms with van der Waals surface area (Å²) in [6.45, 7) is 0. The highest BCUT2D eigenvalue weighted by Gasteiger charge is 2.17. The monoisotopic (exact) mass is 783 g/mol. The molecule has 3 heteroatoms. The lowest BCUT2D eigenvalue weighted by molar-refractivity contribution is 1.27. The van der Waals surface area contributed by atoms with E-state index < -0.39 is 0 Å². The highest BCUT2D eigenvalue weighted by atomic mass is 15.2. The summed E-state index contributed by atoms with van der Waals surface area (Å²) in [7, 11) is 0. The first kappa shape index (κ1) is 38.4. The molecule has 0 aliphatic rings. The van der Waals surface area contributed by atoms with E-state index in [1.54, 1.807) is 0 Å². The van der Waals surface area contributed by atoms with Gasteiger partial charge in [0.25, 0.3) is 0 Å². The molecule has 0 saturated carbocycles. The van der Waals surface area contributed by atoms with E-state index in [1.807, 2.05) is 0 Å². The lowest BCUT2D eigenvalue weighted by Gasteiger charge is -2.28. The molecule has 0 saturated heterocycles. The van der Waals surface area contributed by atoms with Crippen molar-refractivity contribution in [3.8, 4) is 0 Å². The van der Waals surface area contributed by atoms with Crippen LogP contribution in [0.15, 0.2) is 249 Å². The average Bonchev–Trinajstić information content (AvgIpc) is 3.34. The third-order valence-electron chi connectivity index (χ3n) is 10.6. The van der Waals surface area contributed by atoms with Gasteiger partial charge in [-0.1, -0.05) is 170 Å². The Morgan fingerprint density at radius 1 is 0.213 bits per heavy atom. The molecule has 292 valence electrons. The van der Waals surface area contributed by atoms with Crippen LogP contribution in [0.5, 0.6) is 0 Å². The molecule has 3 nitrogen and oxygen atoms in total. The molecule has 9 rings (SSSR count). The minimum atomic E-state index is 1.09. The molecule has 0 aliphatic heterocycles. The number of nitrogens with zero attached hydrogens (tertiary/aromatic N) is 3. The van der Waals surface area contributed by atoms with Gasteiger partial charge < -0.3 is 14.7 Å². The van der Waals surface area contributed by atoms with Crippen LogP contribution in [0, 0.1) is 0 Å². The fraction of sp³-hybridized carbons (Fsp3) is 0. The number of rotatable bonds is 13. The smallest absolute Gasteiger partial charge is 0.0540 e. The van der Waals surface area contributed by atoms with E-state index in [0.717, 1.165) is 73.4 Å². The van der Waals surface area contributed by atoms with Crippen molar-refractivity contribution < 1.29 is 0 Å². The Bertz CT molecular complexity index is 2690. The molecule has 0 aliphatic carbocycles. The van der Waals surface area contributed by atoms with Crippen molar-refractivity contribution in [1.82, 2.24) is 0 Å². The summed E-state index contributed by atoms with van der Waals surface area (Å²) >= 11 is 0. The van der Waals surface area contributed by atoms with Crippen molar-refractivity contribution in [3.63, 3.8) is 0 Å². The topological polar surface area (TPSA) is 9.72 Å². The lowest BCUT2D eigenvalue weighted by Crippen LogP contribution is -2.11. The van der Waals surface area contributed by atoms with Gasteiger partial charge >= 0.3 is 0 Å². The zero-order valence-corrected chi connectivity index (χ0v) is 33.8. The van der Waals surface area contributed by atoms with Crippen molar-refractivity contribution in [2.75, 3.05) is 14.7 Å². The van der Waals surface area contributed by atoms with E-state index in [2.05, 4.69) is 288 Å². The van der Waals surface area contributed by atoms with Gasteiger partial charge in [-0.05, 0) is 120 Å². The first-order chi connectivity index (χ1) is 30.3. The third kappa shape index (κ3) is 8.97. The largest absolute Gasteiger partial charge is 0.311 e. The predicted molar refractivity (Wildman–Crippen MR) is 261 cm³/mol. The van der Waals surface area contributed by atoms with Crippen molar-refractivity contribution in [2.45, 2.75) is 0 Å². The van der Waals surface area contributed by atoms with Crippen LogP contribution in [0.25, 0.3) is 24.3 Å². The SMILES string of the molecule is C(=Cc1cccc(N(c2ccccc2)c2ccccc2)c1C=Cc1ccc(N(c2ccccc2)c2ccccc2)cc1)c1ccc(N(c2ccccc2)c2ccccc2)cc1. The van der Waals surface area contributed by atoms with Gasteiger partial charge in [-0.15, -0.1) is 0 Å². The zero-order valence-electron chi connectivity index (χ0n) is 33.8. The van der Waals surface area contributed by atoms with Crippen LogP contribution < -0.4 is 14.7 Å². The maximum atomic E-state index is 2.34. The summed E-state index contributed by atoms with van der Waals surface area (Å²) in [5.41, 5.74) is 14.4. The molecule has 9 aromatic carbocycles. The van der Waals surface area contributed by atoms with Crippen LogP contribution in [-0.4, -0.2) is 0 Å². The number of para-hydroxylation sites is 6. The first-order valence-corrected chi connectivity index (χ1v) is 20.7.